The summed E-state index contributed by atoms with van der Waals surface area (Å²) in [5.41, 5.74) is 8.89. The summed E-state index contributed by atoms with van der Waals surface area (Å²) in [5.74, 6) is 0.542. The van der Waals surface area contributed by atoms with Gasteiger partial charge in [-0.1, -0.05) is 18.2 Å². The number of amides is 3. The molecule has 43 heavy (non-hydrogen) atoms. The molecule has 0 unspecified atom stereocenters. The molecule has 1 saturated carbocycles. The van der Waals surface area contributed by atoms with E-state index in [1.54, 1.807) is 61.6 Å². The molecule has 0 radical (unpaired) electrons. The maximum absolute atomic E-state index is 13.3. The average molecular weight is 586 g/mol. The number of carbonyl (C=O) groups is 3. The van der Waals surface area contributed by atoms with Crippen molar-refractivity contribution in [3.8, 4) is 11.5 Å². The Morgan fingerprint density at radius 1 is 0.744 bits per heavy atom. The van der Waals surface area contributed by atoms with E-state index in [0.29, 0.717) is 60.1 Å². The van der Waals surface area contributed by atoms with Gasteiger partial charge in [-0.25, -0.2) is 0 Å². The second-order valence-corrected chi connectivity index (χ2v) is 11.0. The fraction of sp³-hybridized carbons (Fsp3) is 0.364. The van der Waals surface area contributed by atoms with Gasteiger partial charge >= 0.3 is 0 Å². The Kier molecular flexibility index (Phi) is 9.46. The van der Waals surface area contributed by atoms with Crippen molar-refractivity contribution in [2.45, 2.75) is 37.8 Å². The number of nitrogens with one attached hydrogen (secondary N) is 2. The minimum absolute atomic E-state index is 0.0885. The van der Waals surface area contributed by atoms with Gasteiger partial charge < -0.3 is 35.6 Å². The van der Waals surface area contributed by atoms with E-state index >= 15 is 0 Å². The fourth-order valence-corrected chi connectivity index (χ4v) is 5.67. The van der Waals surface area contributed by atoms with Crippen molar-refractivity contribution in [1.29, 1.82) is 0 Å². The van der Waals surface area contributed by atoms with Crippen molar-refractivity contribution in [3.63, 3.8) is 0 Å². The van der Waals surface area contributed by atoms with Gasteiger partial charge in [-0.2, -0.15) is 0 Å². The van der Waals surface area contributed by atoms with Gasteiger partial charge in [0.2, 0.25) is 0 Å². The quantitative estimate of drug-likeness (QED) is 0.366. The third-order valence-electron chi connectivity index (χ3n) is 8.19. The number of rotatable bonds is 8. The van der Waals surface area contributed by atoms with E-state index in [-0.39, 0.29) is 29.8 Å². The molecule has 0 spiro atoms. The lowest BCUT2D eigenvalue weighted by Gasteiger charge is -2.37. The minimum atomic E-state index is -0.261. The summed E-state index contributed by atoms with van der Waals surface area (Å²) in [6, 6.07) is 19.8. The zero-order valence-corrected chi connectivity index (χ0v) is 24.7. The zero-order valence-electron chi connectivity index (χ0n) is 24.7. The van der Waals surface area contributed by atoms with E-state index in [4.69, 9.17) is 15.2 Å². The van der Waals surface area contributed by atoms with E-state index in [9.17, 15) is 14.4 Å². The van der Waals surface area contributed by atoms with Crippen molar-refractivity contribution < 1.29 is 23.9 Å². The van der Waals surface area contributed by atoms with Gasteiger partial charge in [0, 0.05) is 55.0 Å². The largest absolute Gasteiger partial charge is 0.493 e. The molecule has 10 heteroatoms. The summed E-state index contributed by atoms with van der Waals surface area (Å²) in [7, 11) is 3.10. The molecule has 0 atom stereocenters. The number of ether oxygens (including phenoxy) is 2. The number of benzene rings is 3. The summed E-state index contributed by atoms with van der Waals surface area (Å²) < 4.78 is 10.7. The summed E-state index contributed by atoms with van der Waals surface area (Å²) >= 11 is 0. The predicted octanol–water partition coefficient (Wildman–Crippen LogP) is 3.92. The van der Waals surface area contributed by atoms with Crippen LogP contribution in [0.2, 0.25) is 0 Å². The maximum Gasteiger partial charge on any atom is 0.255 e. The Bertz CT molecular complexity index is 1450. The van der Waals surface area contributed by atoms with E-state index in [0.717, 1.165) is 31.4 Å². The third kappa shape index (κ3) is 7.09. The molecule has 5 rings (SSSR count). The molecule has 1 heterocycles. The van der Waals surface area contributed by atoms with Crippen LogP contribution in [0.3, 0.4) is 0 Å². The highest BCUT2D eigenvalue weighted by atomic mass is 16.5. The standard InChI is InChI=1S/C33H39N5O5/c1-42-29-15-9-24(21-30(29)43-2)33(41)38-18-16-37(17-19-38)28-14-8-23(32(40)35-26-12-10-25(34)11-13-26)20-27(28)36-31(39)22-6-4-3-5-7-22/h3-9,14-15,20-21,25-26H,10-13,16-19,34H2,1-2H3,(H,35,40)(H,36,39). The van der Waals surface area contributed by atoms with E-state index in [1.807, 2.05) is 24.3 Å². The van der Waals surface area contributed by atoms with Crippen LogP contribution in [0.5, 0.6) is 11.5 Å². The molecule has 1 aliphatic carbocycles. The van der Waals surface area contributed by atoms with E-state index in [1.165, 1.54) is 0 Å². The monoisotopic (exact) mass is 585 g/mol. The molecular weight excluding hydrogens is 546 g/mol. The van der Waals surface area contributed by atoms with Crippen LogP contribution in [0.15, 0.2) is 66.7 Å². The number of nitrogens with two attached hydrogens (primary N) is 1. The normalized spacial score (nSPS) is 18.5. The van der Waals surface area contributed by atoms with E-state index < -0.39 is 0 Å². The Hall–Kier alpha value is -4.57. The van der Waals surface area contributed by atoms with Crippen LogP contribution in [-0.4, -0.2) is 75.1 Å². The SMILES string of the molecule is COc1ccc(C(=O)N2CCN(c3ccc(C(=O)NC4CCC(N)CC4)cc3NC(=O)c3ccccc3)CC2)cc1OC. The highest BCUT2D eigenvalue weighted by Crippen LogP contribution is 2.31. The van der Waals surface area contributed by atoms with Crippen LogP contribution < -0.4 is 30.7 Å². The van der Waals surface area contributed by atoms with E-state index in [2.05, 4.69) is 15.5 Å². The van der Waals surface area contributed by atoms with Crippen molar-refractivity contribution in [2.75, 3.05) is 50.6 Å². The van der Waals surface area contributed by atoms with Crippen LogP contribution in [-0.2, 0) is 0 Å². The van der Waals surface area contributed by atoms with Crippen LogP contribution >= 0.6 is 0 Å². The first-order chi connectivity index (χ1) is 20.9. The molecule has 0 bridgehead atoms. The van der Waals surface area contributed by atoms with Crippen molar-refractivity contribution in [3.05, 3.63) is 83.4 Å². The van der Waals surface area contributed by atoms with Gasteiger partial charge in [0.05, 0.1) is 25.6 Å². The maximum atomic E-state index is 13.3. The number of piperazine rings is 1. The topological polar surface area (TPSA) is 126 Å². The summed E-state index contributed by atoms with van der Waals surface area (Å²) in [4.78, 5) is 43.6. The highest BCUT2D eigenvalue weighted by molar-refractivity contribution is 6.07. The molecule has 2 aliphatic rings. The average Bonchev–Trinajstić information content (AvgIpc) is 3.05. The molecule has 3 aromatic carbocycles. The molecule has 2 fully saturated rings. The Morgan fingerprint density at radius 3 is 2.09 bits per heavy atom. The lowest BCUT2D eigenvalue weighted by atomic mass is 9.91. The van der Waals surface area contributed by atoms with Crippen LogP contribution in [0.1, 0.15) is 56.8 Å². The molecule has 3 aromatic rings. The number of hydrogen-bond donors (Lipinski definition) is 3. The summed E-state index contributed by atoms with van der Waals surface area (Å²) in [6.07, 6.45) is 3.50. The van der Waals surface area contributed by atoms with Crippen LogP contribution in [0.25, 0.3) is 0 Å². The van der Waals surface area contributed by atoms with Gasteiger partial charge in [-0.15, -0.1) is 0 Å². The van der Waals surface area contributed by atoms with Gasteiger partial charge in [-0.05, 0) is 74.2 Å². The number of anilines is 2. The first-order valence-corrected chi connectivity index (χ1v) is 14.7. The number of carbonyl (C=O) groups excluding carboxylic acids is 3. The van der Waals surface area contributed by atoms with Crippen molar-refractivity contribution in [2.24, 2.45) is 5.73 Å². The minimum Gasteiger partial charge on any atom is -0.493 e. The summed E-state index contributed by atoms with van der Waals surface area (Å²) in [6.45, 7) is 2.10. The molecule has 1 aliphatic heterocycles. The molecule has 226 valence electrons. The molecule has 1 saturated heterocycles. The van der Waals surface area contributed by atoms with Gasteiger partial charge in [-0.3, -0.25) is 14.4 Å². The molecule has 0 aromatic heterocycles. The van der Waals surface area contributed by atoms with Crippen LogP contribution in [0, 0.1) is 0 Å². The molecular formula is C33H39N5O5. The Morgan fingerprint density at radius 2 is 1.42 bits per heavy atom. The van der Waals surface area contributed by atoms with Gasteiger partial charge in [0.1, 0.15) is 0 Å². The molecule has 3 amide bonds. The lowest BCUT2D eigenvalue weighted by Crippen LogP contribution is -2.49. The molecule has 10 nitrogen and oxygen atoms in total. The number of methoxy groups -OCH3 is 2. The second kappa shape index (κ2) is 13.6. The predicted molar refractivity (Wildman–Crippen MR) is 166 cm³/mol. The first kappa shape index (κ1) is 29.9. The third-order valence-corrected chi connectivity index (χ3v) is 8.19. The van der Waals surface area contributed by atoms with Crippen molar-refractivity contribution >= 4 is 29.1 Å². The van der Waals surface area contributed by atoms with Crippen molar-refractivity contribution in [1.82, 2.24) is 10.2 Å². The highest BCUT2D eigenvalue weighted by Gasteiger charge is 2.26. The van der Waals surface area contributed by atoms with Gasteiger partial charge in [0.15, 0.2) is 11.5 Å². The fourth-order valence-electron chi connectivity index (χ4n) is 5.67. The smallest absolute Gasteiger partial charge is 0.255 e. The lowest BCUT2D eigenvalue weighted by molar-refractivity contribution is 0.0746. The van der Waals surface area contributed by atoms with Gasteiger partial charge in [0.25, 0.3) is 17.7 Å². The van der Waals surface area contributed by atoms with Crippen LogP contribution in [0.4, 0.5) is 11.4 Å². The Balaban J connectivity index is 1.32. The first-order valence-electron chi connectivity index (χ1n) is 14.7. The number of nitrogens with zero attached hydrogens (tertiary/aromatic N) is 2. The second-order valence-electron chi connectivity index (χ2n) is 11.0. The summed E-state index contributed by atoms with van der Waals surface area (Å²) in [5, 5.41) is 6.16. The Labute approximate surface area is 252 Å². The number of hydrogen-bond acceptors (Lipinski definition) is 7. The zero-order chi connectivity index (χ0) is 30.3. The molecule has 4 N–H and O–H groups in total.